The zero-order valence-corrected chi connectivity index (χ0v) is 13.3. The molecule has 0 spiro atoms. The number of nitrogens with zero attached hydrogens (tertiary/aromatic N) is 2. The molecule has 1 aromatic carbocycles. The van der Waals surface area contributed by atoms with Gasteiger partial charge in [-0.2, -0.15) is 0 Å². The van der Waals surface area contributed by atoms with Crippen LogP contribution < -0.4 is 20.4 Å². The number of rotatable bonds is 7. The fourth-order valence-corrected chi connectivity index (χ4v) is 2.24. The van der Waals surface area contributed by atoms with Gasteiger partial charge in [-0.25, -0.2) is 9.69 Å². The number of barbiturate groups is 1. The number of hydrogen-bond acceptors (Lipinski definition) is 8. The maximum atomic E-state index is 12.5. The first-order chi connectivity index (χ1) is 12.3. The summed E-state index contributed by atoms with van der Waals surface area (Å²) in [5.74, 6) is -6.56. The van der Waals surface area contributed by atoms with Gasteiger partial charge in [0.2, 0.25) is 5.91 Å². The second-order valence-corrected chi connectivity index (χ2v) is 5.32. The van der Waals surface area contributed by atoms with E-state index in [9.17, 15) is 34.2 Å². The number of carbonyl (C=O) groups excluding carboxylic acids is 5. The number of anilines is 1. The van der Waals surface area contributed by atoms with E-state index >= 15 is 0 Å². The van der Waals surface area contributed by atoms with Crippen molar-refractivity contribution in [3.05, 3.63) is 30.3 Å². The lowest BCUT2D eigenvalue weighted by atomic mass is 10.1. The molecule has 0 saturated carbocycles. The standard InChI is InChI=1S/C16H15N3O7/c20-12(21)7-6-11(15(24)25)17-8-10-13(22)18-16(26)19(14(10)23)9-4-2-1-3-5-9/h1-5,8,10-11H,6-7H2,(H,20,21)(H,24,25)(H,18,22,26)/p-2/t10-,11+/m0/s1. The zero-order valence-electron chi connectivity index (χ0n) is 13.3. The molecule has 0 aromatic heterocycles. The van der Waals surface area contributed by atoms with E-state index in [4.69, 9.17) is 0 Å². The number of carboxylic acids is 2. The van der Waals surface area contributed by atoms with Crippen molar-refractivity contribution in [1.29, 1.82) is 0 Å². The van der Waals surface area contributed by atoms with Crippen LogP contribution in [0.1, 0.15) is 12.8 Å². The van der Waals surface area contributed by atoms with Crippen LogP contribution in [0.25, 0.3) is 0 Å². The minimum absolute atomic E-state index is 0.217. The van der Waals surface area contributed by atoms with E-state index in [0.717, 1.165) is 11.1 Å². The molecule has 4 amide bonds. The molecule has 0 bridgehead atoms. The van der Waals surface area contributed by atoms with Gasteiger partial charge >= 0.3 is 6.03 Å². The molecule has 0 unspecified atom stereocenters. The van der Waals surface area contributed by atoms with Gasteiger partial charge in [-0.1, -0.05) is 18.2 Å². The van der Waals surface area contributed by atoms with E-state index in [1.54, 1.807) is 18.2 Å². The first-order valence-corrected chi connectivity index (χ1v) is 7.49. The highest BCUT2D eigenvalue weighted by molar-refractivity contribution is 6.32. The third kappa shape index (κ3) is 4.29. The molecule has 1 saturated heterocycles. The van der Waals surface area contributed by atoms with Crippen LogP contribution >= 0.6 is 0 Å². The monoisotopic (exact) mass is 359 g/mol. The Morgan fingerprint density at radius 1 is 1.19 bits per heavy atom. The van der Waals surface area contributed by atoms with E-state index in [1.807, 2.05) is 5.32 Å². The molecular weight excluding hydrogens is 346 g/mol. The molecule has 136 valence electrons. The maximum Gasteiger partial charge on any atom is 0.335 e. The molecule has 1 fully saturated rings. The molecule has 1 aliphatic heterocycles. The number of aliphatic imine (C=N–C) groups is 1. The van der Waals surface area contributed by atoms with Crippen molar-refractivity contribution in [3.63, 3.8) is 0 Å². The lowest BCUT2D eigenvalue weighted by Gasteiger charge is -2.28. The van der Waals surface area contributed by atoms with E-state index in [2.05, 4.69) is 4.99 Å². The number of aliphatic carboxylic acids is 2. The van der Waals surface area contributed by atoms with Gasteiger partial charge in [0.15, 0.2) is 5.92 Å². The van der Waals surface area contributed by atoms with Crippen LogP contribution in [0.2, 0.25) is 0 Å². The van der Waals surface area contributed by atoms with Crippen LogP contribution in [-0.4, -0.2) is 42.0 Å². The van der Waals surface area contributed by atoms with E-state index in [0.29, 0.717) is 0 Å². The highest BCUT2D eigenvalue weighted by Gasteiger charge is 2.40. The molecular formula is C16H13N3O7-2. The topological polar surface area (TPSA) is 159 Å². The molecule has 10 nitrogen and oxygen atoms in total. The summed E-state index contributed by atoms with van der Waals surface area (Å²) in [6.07, 6.45) is -0.240. The van der Waals surface area contributed by atoms with Gasteiger partial charge in [0, 0.05) is 12.2 Å². The van der Waals surface area contributed by atoms with Gasteiger partial charge in [0.05, 0.1) is 17.7 Å². The molecule has 1 aliphatic rings. The van der Waals surface area contributed by atoms with Gasteiger partial charge in [0.25, 0.3) is 5.91 Å². The first kappa shape index (κ1) is 18.8. The molecule has 10 heteroatoms. The summed E-state index contributed by atoms with van der Waals surface area (Å²) in [6.45, 7) is 0. The van der Waals surface area contributed by atoms with Crippen molar-refractivity contribution in [2.45, 2.75) is 18.9 Å². The van der Waals surface area contributed by atoms with E-state index in [-0.39, 0.29) is 5.69 Å². The number of imide groups is 2. The molecule has 2 rings (SSSR count). The summed E-state index contributed by atoms with van der Waals surface area (Å²) in [4.78, 5) is 62.1. The average molecular weight is 359 g/mol. The summed E-state index contributed by atoms with van der Waals surface area (Å²) in [5.41, 5.74) is 0.217. The molecule has 2 atom stereocenters. The van der Waals surface area contributed by atoms with Crippen LogP contribution in [0, 0.1) is 5.92 Å². The Morgan fingerprint density at radius 3 is 2.42 bits per heavy atom. The van der Waals surface area contributed by atoms with Crippen molar-refractivity contribution in [3.8, 4) is 0 Å². The zero-order chi connectivity index (χ0) is 19.3. The fraction of sp³-hybridized carbons (Fsp3) is 0.250. The number of para-hydroxylation sites is 1. The number of amides is 4. The van der Waals surface area contributed by atoms with E-state index < -0.39 is 54.6 Å². The van der Waals surface area contributed by atoms with Gasteiger partial charge in [0.1, 0.15) is 0 Å². The lowest BCUT2D eigenvalue weighted by Crippen LogP contribution is -2.58. The van der Waals surface area contributed by atoms with Gasteiger partial charge in [-0.05, 0) is 25.0 Å². The smallest absolute Gasteiger partial charge is 0.335 e. The number of hydrogen-bond donors (Lipinski definition) is 1. The molecule has 26 heavy (non-hydrogen) atoms. The van der Waals surface area contributed by atoms with Crippen LogP contribution in [0.4, 0.5) is 10.5 Å². The minimum Gasteiger partial charge on any atom is -0.550 e. The van der Waals surface area contributed by atoms with Crippen molar-refractivity contribution >= 4 is 41.7 Å². The van der Waals surface area contributed by atoms with Crippen molar-refractivity contribution < 1.29 is 34.2 Å². The summed E-state index contributed by atoms with van der Waals surface area (Å²) in [7, 11) is 0. The number of benzene rings is 1. The highest BCUT2D eigenvalue weighted by atomic mass is 16.4. The third-order valence-corrected chi connectivity index (χ3v) is 3.53. The Hall–Kier alpha value is -3.56. The fourth-order valence-electron chi connectivity index (χ4n) is 2.24. The van der Waals surface area contributed by atoms with Crippen molar-refractivity contribution in [2.75, 3.05) is 4.90 Å². The number of urea groups is 1. The molecule has 0 aliphatic carbocycles. The van der Waals surface area contributed by atoms with Crippen molar-refractivity contribution in [2.24, 2.45) is 10.9 Å². The van der Waals surface area contributed by atoms with Gasteiger partial charge in [-0.15, -0.1) is 0 Å². The summed E-state index contributed by atoms with van der Waals surface area (Å²) in [6, 6.07) is 5.28. The van der Waals surface area contributed by atoms with E-state index in [1.165, 1.54) is 12.1 Å². The number of carbonyl (C=O) groups is 5. The van der Waals surface area contributed by atoms with Crippen molar-refractivity contribution in [1.82, 2.24) is 5.32 Å². The van der Waals surface area contributed by atoms with Gasteiger partial charge in [-0.3, -0.25) is 19.9 Å². The predicted molar refractivity (Wildman–Crippen MR) is 82.5 cm³/mol. The lowest BCUT2D eigenvalue weighted by molar-refractivity contribution is -0.309. The Balaban J connectivity index is 2.22. The maximum absolute atomic E-state index is 12.5. The summed E-state index contributed by atoms with van der Waals surface area (Å²) < 4.78 is 0. The number of carboxylic acid groups (broad SMARTS) is 2. The third-order valence-electron chi connectivity index (χ3n) is 3.53. The molecule has 1 aromatic rings. The Labute approximate surface area is 147 Å². The molecule has 1 heterocycles. The second kappa shape index (κ2) is 8.01. The minimum atomic E-state index is -1.66. The largest absolute Gasteiger partial charge is 0.550 e. The normalized spacial score (nSPS) is 18.7. The predicted octanol–water partition coefficient (Wildman–Crippen LogP) is -2.39. The van der Waals surface area contributed by atoms with Crippen LogP contribution in [-0.2, 0) is 19.2 Å². The summed E-state index contributed by atoms with van der Waals surface area (Å²) >= 11 is 0. The highest BCUT2D eigenvalue weighted by Crippen LogP contribution is 2.19. The molecule has 1 N–H and O–H groups in total. The second-order valence-electron chi connectivity index (χ2n) is 5.32. The van der Waals surface area contributed by atoms with Crippen LogP contribution in [0.3, 0.4) is 0 Å². The van der Waals surface area contributed by atoms with Gasteiger partial charge < -0.3 is 19.8 Å². The Morgan fingerprint density at radius 2 is 1.85 bits per heavy atom. The average Bonchev–Trinajstić information content (AvgIpc) is 2.57. The first-order valence-electron chi connectivity index (χ1n) is 7.49. The quantitative estimate of drug-likeness (QED) is 0.420. The van der Waals surface area contributed by atoms with Crippen LogP contribution in [0.5, 0.6) is 0 Å². The Bertz CT molecular complexity index is 775. The number of nitrogens with one attached hydrogen (secondary N) is 1. The van der Waals surface area contributed by atoms with Crippen LogP contribution in [0.15, 0.2) is 35.3 Å². The summed E-state index contributed by atoms with van der Waals surface area (Å²) in [5, 5.41) is 23.4. The molecule has 0 radical (unpaired) electrons. The SMILES string of the molecule is O=C([O-])CC[C@@H](N=C[C@H]1C(=O)NC(=O)N(c2ccccc2)C1=O)C(=O)[O-]. The Kier molecular flexibility index (Phi) is 5.78.